The quantitative estimate of drug-likeness (QED) is 0.659. The van der Waals surface area contributed by atoms with Gasteiger partial charge in [0.2, 0.25) is 0 Å². The van der Waals surface area contributed by atoms with Gasteiger partial charge in [0.25, 0.3) is 0 Å². The van der Waals surface area contributed by atoms with Gasteiger partial charge in [-0.15, -0.1) is 0 Å². The van der Waals surface area contributed by atoms with E-state index in [9.17, 15) is 4.79 Å². The monoisotopic (exact) mass is 347 g/mol. The number of hydrogen-bond acceptors (Lipinski definition) is 1. The summed E-state index contributed by atoms with van der Waals surface area (Å²) in [6.45, 7) is 2.78. The summed E-state index contributed by atoms with van der Waals surface area (Å²) < 4.78 is 0. The first kappa shape index (κ1) is 16.7. The second-order valence-electron chi connectivity index (χ2n) is 7.21. The van der Waals surface area contributed by atoms with Crippen LogP contribution in [0.5, 0.6) is 0 Å². The maximum atomic E-state index is 12.2. The molecule has 2 aromatic carbocycles. The van der Waals surface area contributed by atoms with Gasteiger partial charge in [-0.2, -0.15) is 0 Å². The molecule has 2 amide bonds. The number of urea groups is 1. The van der Waals surface area contributed by atoms with E-state index in [1.165, 1.54) is 33.3 Å². The number of nitrogens with one attached hydrogen (secondary N) is 3. The molecule has 0 saturated heterocycles. The van der Waals surface area contributed by atoms with Crippen LogP contribution in [-0.4, -0.2) is 23.6 Å². The molecule has 0 spiro atoms. The van der Waals surface area contributed by atoms with Crippen molar-refractivity contribution in [1.29, 1.82) is 0 Å². The van der Waals surface area contributed by atoms with Gasteiger partial charge in [-0.3, -0.25) is 0 Å². The molecule has 0 bridgehead atoms. The van der Waals surface area contributed by atoms with E-state index in [-0.39, 0.29) is 12.1 Å². The molecule has 0 saturated carbocycles. The van der Waals surface area contributed by atoms with Crippen LogP contribution in [0.25, 0.3) is 10.9 Å². The fourth-order valence-electron chi connectivity index (χ4n) is 3.87. The van der Waals surface area contributed by atoms with Crippen LogP contribution in [0.2, 0.25) is 0 Å². The minimum Gasteiger partial charge on any atom is -0.358 e. The first-order valence-electron chi connectivity index (χ1n) is 9.37. The number of hydrogen-bond donors (Lipinski definition) is 3. The Hall–Kier alpha value is -2.75. The molecule has 0 fully saturated rings. The molecule has 1 aliphatic rings. The zero-order valence-electron chi connectivity index (χ0n) is 15.1. The van der Waals surface area contributed by atoms with Gasteiger partial charge in [0.05, 0.1) is 0 Å². The molecule has 0 radical (unpaired) electrons. The van der Waals surface area contributed by atoms with Crippen molar-refractivity contribution in [1.82, 2.24) is 15.6 Å². The largest absolute Gasteiger partial charge is 0.358 e. The molecule has 134 valence electrons. The van der Waals surface area contributed by atoms with Gasteiger partial charge in [0, 0.05) is 35.6 Å². The summed E-state index contributed by atoms with van der Waals surface area (Å²) in [5.41, 5.74) is 6.42. The van der Waals surface area contributed by atoms with Crippen LogP contribution in [0.3, 0.4) is 0 Å². The second kappa shape index (κ2) is 7.24. The van der Waals surface area contributed by atoms with Crippen LogP contribution in [0.4, 0.5) is 4.79 Å². The van der Waals surface area contributed by atoms with Crippen LogP contribution in [-0.2, 0) is 19.3 Å². The van der Waals surface area contributed by atoms with Gasteiger partial charge in [0.1, 0.15) is 0 Å². The van der Waals surface area contributed by atoms with E-state index in [0.29, 0.717) is 6.54 Å². The molecular formula is C22H25N3O. The normalized spacial score (nSPS) is 16.3. The Morgan fingerprint density at radius 3 is 2.88 bits per heavy atom. The zero-order valence-corrected chi connectivity index (χ0v) is 15.1. The zero-order chi connectivity index (χ0) is 17.9. The third-order valence-electron chi connectivity index (χ3n) is 5.22. The standard InChI is InChI=1S/C22H25N3O/c1-15-7-10-20-19(13-15)18-9-8-17(14-21(18)25-20)24-22(26)23-12-11-16-5-3-2-4-6-16/h2-7,10,13,17,25H,8-9,11-12,14H2,1H3,(H2,23,24,26). The molecule has 26 heavy (non-hydrogen) atoms. The van der Waals surface area contributed by atoms with Crippen LogP contribution in [0.1, 0.15) is 28.8 Å². The van der Waals surface area contributed by atoms with E-state index in [1.54, 1.807) is 0 Å². The minimum absolute atomic E-state index is 0.0682. The molecule has 4 rings (SSSR count). The Morgan fingerprint density at radius 1 is 1.19 bits per heavy atom. The molecule has 1 unspecified atom stereocenters. The average Bonchev–Trinajstić information content (AvgIpc) is 2.99. The second-order valence-corrected chi connectivity index (χ2v) is 7.21. The molecule has 1 aliphatic carbocycles. The van der Waals surface area contributed by atoms with Gasteiger partial charge >= 0.3 is 6.03 Å². The predicted molar refractivity (Wildman–Crippen MR) is 106 cm³/mol. The van der Waals surface area contributed by atoms with Gasteiger partial charge in [-0.05, 0) is 49.4 Å². The van der Waals surface area contributed by atoms with Gasteiger partial charge < -0.3 is 15.6 Å². The average molecular weight is 347 g/mol. The maximum absolute atomic E-state index is 12.2. The van der Waals surface area contributed by atoms with Crippen molar-refractivity contribution < 1.29 is 4.79 Å². The number of carbonyl (C=O) groups is 1. The summed E-state index contributed by atoms with van der Waals surface area (Å²) in [6.07, 6.45) is 3.72. The van der Waals surface area contributed by atoms with E-state index >= 15 is 0 Å². The summed E-state index contributed by atoms with van der Waals surface area (Å²) in [7, 11) is 0. The predicted octanol–water partition coefficient (Wildman–Crippen LogP) is 3.88. The van der Waals surface area contributed by atoms with Crippen LogP contribution in [0.15, 0.2) is 48.5 Å². The first-order chi connectivity index (χ1) is 12.7. The number of amides is 2. The van der Waals surface area contributed by atoms with E-state index in [0.717, 1.165) is 25.7 Å². The van der Waals surface area contributed by atoms with Crippen LogP contribution in [0, 0.1) is 6.92 Å². The third-order valence-corrected chi connectivity index (χ3v) is 5.22. The number of fused-ring (bicyclic) bond motifs is 3. The highest BCUT2D eigenvalue weighted by atomic mass is 16.2. The van der Waals surface area contributed by atoms with Crippen molar-refractivity contribution >= 4 is 16.9 Å². The van der Waals surface area contributed by atoms with Crippen molar-refractivity contribution in [3.8, 4) is 0 Å². The third kappa shape index (κ3) is 3.59. The molecule has 4 heteroatoms. The molecule has 3 N–H and O–H groups in total. The Labute approximate surface area is 154 Å². The lowest BCUT2D eigenvalue weighted by molar-refractivity contribution is 0.235. The highest BCUT2D eigenvalue weighted by Gasteiger charge is 2.23. The fraction of sp³-hybridized carbons (Fsp3) is 0.318. The maximum Gasteiger partial charge on any atom is 0.315 e. The van der Waals surface area contributed by atoms with Crippen molar-refractivity contribution in [2.75, 3.05) is 6.54 Å². The van der Waals surface area contributed by atoms with E-state index in [2.05, 4.69) is 52.9 Å². The number of H-pyrrole nitrogens is 1. The van der Waals surface area contributed by atoms with Crippen molar-refractivity contribution in [2.45, 2.75) is 38.6 Å². The van der Waals surface area contributed by atoms with Crippen molar-refractivity contribution in [3.05, 3.63) is 70.9 Å². The molecule has 0 aliphatic heterocycles. The van der Waals surface area contributed by atoms with Crippen LogP contribution < -0.4 is 10.6 Å². The topological polar surface area (TPSA) is 56.9 Å². The molecule has 1 atom stereocenters. The minimum atomic E-state index is -0.0682. The summed E-state index contributed by atoms with van der Waals surface area (Å²) >= 11 is 0. The Kier molecular flexibility index (Phi) is 4.65. The molecule has 1 aromatic heterocycles. The molecule has 1 heterocycles. The van der Waals surface area contributed by atoms with Gasteiger partial charge in [-0.25, -0.2) is 4.79 Å². The van der Waals surface area contributed by atoms with Gasteiger partial charge in [0.15, 0.2) is 0 Å². The number of benzene rings is 2. The van der Waals surface area contributed by atoms with Crippen molar-refractivity contribution in [3.63, 3.8) is 0 Å². The van der Waals surface area contributed by atoms with Crippen molar-refractivity contribution in [2.24, 2.45) is 0 Å². The molecule has 4 nitrogen and oxygen atoms in total. The Balaban J connectivity index is 1.32. The summed E-state index contributed by atoms with van der Waals surface area (Å²) in [5, 5.41) is 7.45. The fourth-order valence-corrected chi connectivity index (χ4v) is 3.87. The Morgan fingerprint density at radius 2 is 2.04 bits per heavy atom. The summed E-state index contributed by atoms with van der Waals surface area (Å²) in [4.78, 5) is 15.7. The van der Waals surface area contributed by atoms with E-state index in [1.807, 2.05) is 18.2 Å². The smallest absolute Gasteiger partial charge is 0.315 e. The highest BCUT2D eigenvalue weighted by Crippen LogP contribution is 2.29. The van der Waals surface area contributed by atoms with Gasteiger partial charge in [-0.1, -0.05) is 42.0 Å². The number of aromatic amines is 1. The lowest BCUT2D eigenvalue weighted by atomic mass is 9.91. The van der Waals surface area contributed by atoms with E-state index in [4.69, 9.17) is 0 Å². The molecule has 3 aromatic rings. The molecular weight excluding hydrogens is 322 g/mol. The first-order valence-corrected chi connectivity index (χ1v) is 9.37. The Bertz CT molecular complexity index is 914. The highest BCUT2D eigenvalue weighted by molar-refractivity contribution is 5.85. The lowest BCUT2D eigenvalue weighted by Crippen LogP contribution is -2.45. The lowest BCUT2D eigenvalue weighted by Gasteiger charge is -2.23. The number of aryl methyl sites for hydroxylation is 2. The summed E-state index contributed by atoms with van der Waals surface area (Å²) in [6, 6.07) is 16.9. The summed E-state index contributed by atoms with van der Waals surface area (Å²) in [5.74, 6) is 0. The number of carbonyl (C=O) groups excluding carboxylic acids is 1. The van der Waals surface area contributed by atoms with Crippen LogP contribution >= 0.6 is 0 Å². The number of aromatic nitrogens is 1. The SMILES string of the molecule is Cc1ccc2[nH]c3c(c2c1)CCC(NC(=O)NCCc1ccccc1)C3. The van der Waals surface area contributed by atoms with E-state index < -0.39 is 0 Å². The number of rotatable bonds is 4.